The Morgan fingerprint density at radius 3 is 1.62 bits per heavy atom. The summed E-state index contributed by atoms with van der Waals surface area (Å²) in [7, 11) is 2.89. The van der Waals surface area contributed by atoms with Gasteiger partial charge in [-0.25, -0.2) is 5.06 Å². The summed E-state index contributed by atoms with van der Waals surface area (Å²) in [6.45, 7) is 0.416. The summed E-state index contributed by atoms with van der Waals surface area (Å²) in [6, 6.07) is 39.1. The number of hydroxylamine groups is 2. The highest BCUT2D eigenvalue weighted by Crippen LogP contribution is 2.37. The van der Waals surface area contributed by atoms with Crippen molar-refractivity contribution < 1.29 is 19.2 Å². The number of carbonyl (C=O) groups excluding carboxylic acids is 2. The van der Waals surface area contributed by atoms with Crippen LogP contribution in [0, 0.1) is 0 Å². The highest BCUT2D eigenvalue weighted by molar-refractivity contribution is 6.00. The van der Waals surface area contributed by atoms with E-state index < -0.39 is 17.5 Å². The van der Waals surface area contributed by atoms with Crippen LogP contribution in [0.3, 0.4) is 0 Å². The fraction of sp³-hybridized carbons (Fsp3) is 0.212. The zero-order valence-corrected chi connectivity index (χ0v) is 22.3. The number of hydrogen-bond donors (Lipinski definition) is 1. The highest BCUT2D eigenvalue weighted by atomic mass is 16.7. The molecule has 0 aromatic heterocycles. The third-order valence-electron chi connectivity index (χ3n) is 6.75. The molecule has 1 atom stereocenters. The molecule has 0 heterocycles. The number of ketones is 1. The van der Waals surface area contributed by atoms with Gasteiger partial charge in [-0.2, -0.15) is 0 Å². The number of hydrogen-bond acceptors (Lipinski definition) is 5. The minimum absolute atomic E-state index is 0.0754. The van der Waals surface area contributed by atoms with Gasteiger partial charge in [-0.3, -0.25) is 19.7 Å². The molecule has 0 aliphatic heterocycles. The van der Waals surface area contributed by atoms with Crippen LogP contribution in [-0.2, 0) is 31.3 Å². The van der Waals surface area contributed by atoms with E-state index in [2.05, 4.69) is 5.32 Å². The number of carbonyl (C=O) groups is 2. The van der Waals surface area contributed by atoms with Gasteiger partial charge in [-0.15, -0.1) is 0 Å². The van der Waals surface area contributed by atoms with Crippen molar-refractivity contribution in [1.29, 1.82) is 0 Å². The number of nitrogens with zero attached hydrogens (tertiary/aromatic N) is 1. The Morgan fingerprint density at radius 2 is 1.18 bits per heavy atom. The van der Waals surface area contributed by atoms with Crippen LogP contribution in [0.5, 0.6) is 0 Å². The van der Waals surface area contributed by atoms with Crippen molar-refractivity contribution in [3.05, 3.63) is 144 Å². The van der Waals surface area contributed by atoms with Gasteiger partial charge in [0.25, 0.3) is 5.91 Å². The van der Waals surface area contributed by atoms with E-state index in [1.54, 1.807) is 0 Å². The van der Waals surface area contributed by atoms with E-state index in [1.807, 2.05) is 121 Å². The number of nitrogens with one attached hydrogen (secondary N) is 1. The van der Waals surface area contributed by atoms with Crippen LogP contribution >= 0.6 is 0 Å². The third-order valence-corrected chi connectivity index (χ3v) is 6.75. The molecule has 1 amide bonds. The monoisotopic (exact) mass is 522 g/mol. The van der Waals surface area contributed by atoms with Crippen LogP contribution in [0.2, 0.25) is 0 Å². The van der Waals surface area contributed by atoms with E-state index in [0.717, 1.165) is 27.3 Å². The molecule has 0 spiro atoms. The summed E-state index contributed by atoms with van der Waals surface area (Å²) in [4.78, 5) is 31.4. The second-order valence-electron chi connectivity index (χ2n) is 9.26. The van der Waals surface area contributed by atoms with Crippen molar-refractivity contribution in [2.75, 3.05) is 20.8 Å². The van der Waals surface area contributed by atoms with Crippen LogP contribution in [0.15, 0.2) is 121 Å². The second kappa shape index (κ2) is 13.6. The summed E-state index contributed by atoms with van der Waals surface area (Å²) < 4.78 is 6.09. The van der Waals surface area contributed by atoms with Crippen LogP contribution in [-0.4, -0.2) is 43.6 Å². The number of ether oxygens (including phenoxy) is 1. The molecule has 0 aliphatic carbocycles. The molecule has 4 aromatic rings. The molecule has 39 heavy (non-hydrogen) atoms. The Labute approximate surface area is 230 Å². The van der Waals surface area contributed by atoms with Crippen LogP contribution in [0.25, 0.3) is 0 Å². The molecule has 0 fully saturated rings. The lowest BCUT2D eigenvalue weighted by atomic mass is 9.76. The molecule has 0 saturated carbocycles. The lowest BCUT2D eigenvalue weighted by Gasteiger charge is -2.40. The summed E-state index contributed by atoms with van der Waals surface area (Å²) in [5, 5.41) is 4.75. The van der Waals surface area contributed by atoms with Gasteiger partial charge in [0.15, 0.2) is 5.78 Å². The van der Waals surface area contributed by atoms with Crippen molar-refractivity contribution in [1.82, 2.24) is 10.4 Å². The molecule has 0 saturated heterocycles. The van der Waals surface area contributed by atoms with E-state index in [9.17, 15) is 9.59 Å². The van der Waals surface area contributed by atoms with Crippen LogP contribution in [0.1, 0.15) is 28.7 Å². The summed E-state index contributed by atoms with van der Waals surface area (Å²) in [5.74, 6) is -0.716. The Kier molecular flexibility index (Phi) is 9.75. The lowest BCUT2D eigenvalue weighted by Crippen LogP contribution is -2.54. The molecule has 1 N–H and O–H groups in total. The van der Waals surface area contributed by atoms with Gasteiger partial charge in [-0.05, 0) is 22.3 Å². The molecule has 6 heteroatoms. The van der Waals surface area contributed by atoms with E-state index in [1.165, 1.54) is 14.2 Å². The highest BCUT2D eigenvalue weighted by Gasteiger charge is 2.40. The molecule has 0 bridgehead atoms. The maximum atomic E-state index is 13.7. The molecule has 4 aromatic carbocycles. The zero-order valence-electron chi connectivity index (χ0n) is 22.3. The number of Topliss-reactive ketones (excluding diaryl/α,β-unsaturated/α-hetero) is 1. The van der Waals surface area contributed by atoms with Gasteiger partial charge in [-0.1, -0.05) is 121 Å². The number of rotatable bonds is 13. The standard InChI is InChI=1S/C33H34N2O4/c1-35(38-2)32(37)23-31(36)30(25-39-24-26-15-7-3-8-16-26)34-33(27-17-9-4-10-18-27,28-19-11-5-12-20-28)29-21-13-6-14-22-29/h3-22,30,34H,23-25H2,1-2H3/t30-/m0/s1. The summed E-state index contributed by atoms with van der Waals surface area (Å²) >= 11 is 0. The quantitative estimate of drug-likeness (QED) is 0.150. The average Bonchev–Trinajstić information content (AvgIpc) is 3.00. The van der Waals surface area contributed by atoms with E-state index in [4.69, 9.17) is 9.57 Å². The first kappa shape index (κ1) is 27.9. The Morgan fingerprint density at radius 1 is 0.744 bits per heavy atom. The van der Waals surface area contributed by atoms with Crippen molar-refractivity contribution in [3.63, 3.8) is 0 Å². The summed E-state index contributed by atoms with van der Waals surface area (Å²) in [5.41, 5.74) is 2.99. The molecule has 0 unspecified atom stereocenters. The van der Waals surface area contributed by atoms with Crippen molar-refractivity contribution >= 4 is 11.7 Å². The van der Waals surface area contributed by atoms with E-state index in [-0.39, 0.29) is 18.8 Å². The molecule has 0 aliphatic rings. The van der Waals surface area contributed by atoms with E-state index >= 15 is 0 Å². The predicted molar refractivity (Wildman–Crippen MR) is 152 cm³/mol. The third kappa shape index (κ3) is 6.86. The number of benzene rings is 4. The smallest absolute Gasteiger partial charge is 0.253 e. The first-order valence-corrected chi connectivity index (χ1v) is 12.9. The fourth-order valence-corrected chi connectivity index (χ4v) is 4.65. The maximum absolute atomic E-state index is 13.7. The minimum atomic E-state index is -0.892. The molecule has 0 radical (unpaired) electrons. The Balaban J connectivity index is 1.77. The van der Waals surface area contributed by atoms with Crippen molar-refractivity contribution in [3.8, 4) is 0 Å². The molecular weight excluding hydrogens is 488 g/mol. The lowest BCUT2D eigenvalue weighted by molar-refractivity contribution is -0.169. The molecule has 200 valence electrons. The van der Waals surface area contributed by atoms with E-state index in [0.29, 0.717) is 6.61 Å². The zero-order chi connectivity index (χ0) is 27.5. The van der Waals surface area contributed by atoms with Gasteiger partial charge in [0, 0.05) is 7.05 Å². The van der Waals surface area contributed by atoms with Gasteiger partial charge < -0.3 is 4.74 Å². The first-order valence-electron chi connectivity index (χ1n) is 12.9. The Bertz CT molecular complexity index is 1220. The van der Waals surface area contributed by atoms with Crippen molar-refractivity contribution in [2.24, 2.45) is 0 Å². The topological polar surface area (TPSA) is 67.9 Å². The summed E-state index contributed by atoms with van der Waals surface area (Å²) in [6.07, 6.45) is -0.328. The second-order valence-corrected chi connectivity index (χ2v) is 9.26. The van der Waals surface area contributed by atoms with Gasteiger partial charge in [0.2, 0.25) is 0 Å². The molecule has 4 rings (SSSR count). The Hall–Kier alpha value is -4.10. The molecule has 6 nitrogen and oxygen atoms in total. The van der Waals surface area contributed by atoms with Crippen LogP contribution in [0.4, 0.5) is 0 Å². The normalized spacial score (nSPS) is 12.1. The largest absolute Gasteiger partial charge is 0.375 e. The van der Waals surface area contributed by atoms with Gasteiger partial charge >= 0.3 is 0 Å². The fourth-order valence-electron chi connectivity index (χ4n) is 4.65. The number of amides is 1. The predicted octanol–water partition coefficient (Wildman–Crippen LogP) is 5.13. The van der Waals surface area contributed by atoms with Crippen molar-refractivity contribution in [2.45, 2.75) is 24.6 Å². The average molecular weight is 523 g/mol. The van der Waals surface area contributed by atoms with Crippen LogP contribution < -0.4 is 5.32 Å². The molecular formula is C33H34N2O4. The van der Waals surface area contributed by atoms with Gasteiger partial charge in [0.1, 0.15) is 0 Å². The SMILES string of the molecule is CON(C)C(=O)CC(=O)[C@H](COCc1ccccc1)NC(c1ccccc1)(c1ccccc1)c1ccccc1. The van der Waals surface area contributed by atoms with Gasteiger partial charge in [0.05, 0.1) is 38.3 Å². The minimum Gasteiger partial charge on any atom is -0.375 e. The maximum Gasteiger partial charge on any atom is 0.253 e. The first-order chi connectivity index (χ1) is 19.0.